The highest BCUT2D eigenvalue weighted by atomic mass is 16.5. The zero-order chi connectivity index (χ0) is 20.1. The first-order valence-electron chi connectivity index (χ1n) is 9.23. The number of ether oxygens (including phenoxy) is 1. The molecule has 0 spiro atoms. The summed E-state index contributed by atoms with van der Waals surface area (Å²) in [5.74, 6) is -1.03. The summed E-state index contributed by atoms with van der Waals surface area (Å²) >= 11 is 0. The Labute approximate surface area is 159 Å². The Kier molecular flexibility index (Phi) is 7.16. The van der Waals surface area contributed by atoms with E-state index >= 15 is 0 Å². The van der Waals surface area contributed by atoms with Crippen LogP contribution in [0.1, 0.15) is 61.5 Å². The minimum absolute atomic E-state index is 0.0543. The number of hydrogen-bond acceptors (Lipinski definition) is 5. The van der Waals surface area contributed by atoms with E-state index in [0.29, 0.717) is 5.92 Å². The van der Waals surface area contributed by atoms with E-state index in [2.05, 4.69) is 13.0 Å². The van der Waals surface area contributed by atoms with Gasteiger partial charge < -0.3 is 20.1 Å². The average molecular weight is 376 g/mol. The van der Waals surface area contributed by atoms with Gasteiger partial charge in [0.2, 0.25) is 0 Å². The topological polar surface area (TPSA) is 104 Å². The summed E-state index contributed by atoms with van der Waals surface area (Å²) < 4.78 is 5.56. The van der Waals surface area contributed by atoms with Gasteiger partial charge in [0.05, 0.1) is 18.6 Å². The molecule has 1 aromatic carbocycles. The molecule has 4 atom stereocenters. The Morgan fingerprint density at radius 1 is 1.33 bits per heavy atom. The van der Waals surface area contributed by atoms with Gasteiger partial charge >= 0.3 is 11.9 Å². The van der Waals surface area contributed by atoms with Crippen molar-refractivity contribution in [1.29, 1.82) is 0 Å². The van der Waals surface area contributed by atoms with Crippen LogP contribution in [0.4, 0.5) is 0 Å². The average Bonchev–Trinajstić information content (AvgIpc) is 2.52. The molecule has 3 N–H and O–H groups in total. The van der Waals surface area contributed by atoms with Crippen molar-refractivity contribution in [3.63, 3.8) is 0 Å². The minimum atomic E-state index is -1.11. The second kappa shape index (κ2) is 9.15. The van der Waals surface area contributed by atoms with Gasteiger partial charge in [-0.3, -0.25) is 9.59 Å². The van der Waals surface area contributed by atoms with Crippen LogP contribution in [0.15, 0.2) is 18.2 Å². The van der Waals surface area contributed by atoms with Crippen LogP contribution in [-0.4, -0.2) is 39.5 Å². The Hall–Kier alpha value is -2.18. The molecule has 148 valence electrons. The molecule has 0 aliphatic heterocycles. The number of aliphatic hydroxyl groups excluding tert-OH is 2. The van der Waals surface area contributed by atoms with E-state index in [4.69, 9.17) is 9.84 Å². The summed E-state index contributed by atoms with van der Waals surface area (Å²) in [5.41, 5.74) is 4.00. The molecule has 0 aromatic heterocycles. The molecule has 1 aliphatic carbocycles. The Balaban J connectivity index is 2.27. The van der Waals surface area contributed by atoms with Gasteiger partial charge in [-0.05, 0) is 42.4 Å². The standard InChI is InChI=1S/C21H28O6/c1-12-8-15-5-4-13(2)18(21(15)19(9-12)27-14(3)22)7-6-16(23)10-17(24)11-20(25)26/h4-7,12,16-17,19,23-24H,8-11H2,1-3H3,(H,25,26). The second-order valence-corrected chi connectivity index (χ2v) is 7.43. The number of rotatable bonds is 7. The smallest absolute Gasteiger partial charge is 0.305 e. The Morgan fingerprint density at radius 3 is 2.67 bits per heavy atom. The van der Waals surface area contributed by atoms with Gasteiger partial charge in [-0.15, -0.1) is 0 Å². The predicted molar refractivity (Wildman–Crippen MR) is 101 cm³/mol. The molecule has 0 saturated carbocycles. The molecule has 6 heteroatoms. The van der Waals surface area contributed by atoms with Crippen LogP contribution in [0, 0.1) is 12.8 Å². The molecule has 6 nitrogen and oxygen atoms in total. The highest BCUT2D eigenvalue weighted by Gasteiger charge is 2.29. The van der Waals surface area contributed by atoms with E-state index in [9.17, 15) is 19.8 Å². The van der Waals surface area contributed by atoms with E-state index in [1.165, 1.54) is 6.92 Å². The van der Waals surface area contributed by atoms with Crippen molar-refractivity contribution >= 4 is 18.0 Å². The first-order valence-corrected chi connectivity index (χ1v) is 9.23. The maximum atomic E-state index is 11.5. The molecular formula is C21H28O6. The molecule has 4 unspecified atom stereocenters. The van der Waals surface area contributed by atoms with E-state index in [0.717, 1.165) is 35.1 Å². The number of carboxylic acids is 1. The van der Waals surface area contributed by atoms with Gasteiger partial charge in [0.25, 0.3) is 0 Å². The minimum Gasteiger partial charge on any atom is -0.481 e. The number of carbonyl (C=O) groups excluding carboxylic acids is 1. The molecule has 0 saturated heterocycles. The first-order chi connectivity index (χ1) is 12.7. The molecule has 2 rings (SSSR count). The Bertz CT molecular complexity index is 724. The summed E-state index contributed by atoms with van der Waals surface area (Å²) in [6.45, 7) is 5.48. The number of fused-ring (bicyclic) bond motifs is 1. The van der Waals surface area contributed by atoms with Crippen LogP contribution < -0.4 is 0 Å². The second-order valence-electron chi connectivity index (χ2n) is 7.43. The van der Waals surface area contributed by atoms with Gasteiger partial charge in [-0.2, -0.15) is 0 Å². The maximum absolute atomic E-state index is 11.5. The van der Waals surface area contributed by atoms with Gasteiger partial charge in [0.1, 0.15) is 6.10 Å². The number of hydrogen-bond donors (Lipinski definition) is 3. The number of aliphatic hydroxyl groups is 2. The highest BCUT2D eigenvalue weighted by molar-refractivity contribution is 5.68. The van der Waals surface area contributed by atoms with E-state index in [1.54, 1.807) is 12.2 Å². The maximum Gasteiger partial charge on any atom is 0.305 e. The fourth-order valence-electron chi connectivity index (χ4n) is 3.67. The van der Waals surface area contributed by atoms with Crippen LogP contribution >= 0.6 is 0 Å². The number of benzene rings is 1. The number of esters is 1. The summed E-state index contributed by atoms with van der Waals surface area (Å²) in [5, 5.41) is 28.5. The van der Waals surface area contributed by atoms with Crippen molar-refractivity contribution in [2.24, 2.45) is 5.92 Å². The van der Waals surface area contributed by atoms with E-state index in [1.807, 2.05) is 13.0 Å². The number of carboxylic acid groups (broad SMARTS) is 1. The molecule has 0 bridgehead atoms. The Morgan fingerprint density at radius 2 is 2.04 bits per heavy atom. The SMILES string of the molecule is CC(=O)OC1CC(C)Cc2ccc(C)c(C=CC(O)CC(O)CC(=O)O)c21. The van der Waals surface area contributed by atoms with Crippen molar-refractivity contribution in [2.45, 2.75) is 64.8 Å². The monoisotopic (exact) mass is 376 g/mol. The lowest BCUT2D eigenvalue weighted by Gasteiger charge is -2.31. The van der Waals surface area contributed by atoms with E-state index < -0.39 is 24.6 Å². The molecular weight excluding hydrogens is 348 g/mol. The third kappa shape index (κ3) is 5.91. The molecule has 27 heavy (non-hydrogen) atoms. The number of aryl methyl sites for hydroxylation is 1. The lowest BCUT2D eigenvalue weighted by Crippen LogP contribution is -2.22. The zero-order valence-electron chi connectivity index (χ0n) is 16.0. The summed E-state index contributed by atoms with van der Waals surface area (Å²) in [7, 11) is 0. The van der Waals surface area contributed by atoms with Gasteiger partial charge in [-0.1, -0.05) is 31.2 Å². The van der Waals surface area contributed by atoms with Gasteiger partial charge in [0, 0.05) is 18.9 Å². The van der Waals surface area contributed by atoms with Crippen molar-refractivity contribution in [3.8, 4) is 0 Å². The molecule has 0 amide bonds. The zero-order valence-corrected chi connectivity index (χ0v) is 16.0. The van der Waals surface area contributed by atoms with Crippen LogP contribution in [0.25, 0.3) is 6.08 Å². The molecule has 0 fully saturated rings. The van der Waals surface area contributed by atoms with Crippen LogP contribution in [0.5, 0.6) is 0 Å². The normalized spacial score (nSPS) is 21.5. The molecule has 1 aromatic rings. The molecule has 0 radical (unpaired) electrons. The fourth-order valence-corrected chi connectivity index (χ4v) is 3.67. The van der Waals surface area contributed by atoms with Crippen molar-refractivity contribution in [3.05, 3.63) is 40.5 Å². The first kappa shape index (κ1) is 21.1. The highest BCUT2D eigenvalue weighted by Crippen LogP contribution is 2.39. The number of carbonyl (C=O) groups is 2. The summed E-state index contributed by atoms with van der Waals surface area (Å²) in [6.07, 6.45) is 2.11. The summed E-state index contributed by atoms with van der Waals surface area (Å²) in [4.78, 5) is 22.2. The third-order valence-corrected chi connectivity index (χ3v) is 4.82. The lowest BCUT2D eigenvalue weighted by molar-refractivity contribution is -0.148. The van der Waals surface area contributed by atoms with Gasteiger partial charge in [0.15, 0.2) is 0 Å². The van der Waals surface area contributed by atoms with Crippen LogP contribution in [-0.2, 0) is 20.7 Å². The lowest BCUT2D eigenvalue weighted by atomic mass is 9.79. The predicted octanol–water partition coefficient (Wildman–Crippen LogP) is 2.78. The molecule has 0 heterocycles. The van der Waals surface area contributed by atoms with Gasteiger partial charge in [-0.25, -0.2) is 0 Å². The fraction of sp³-hybridized carbons (Fsp3) is 0.524. The van der Waals surface area contributed by atoms with Crippen LogP contribution in [0.2, 0.25) is 0 Å². The van der Waals surface area contributed by atoms with Crippen molar-refractivity contribution in [2.75, 3.05) is 0 Å². The third-order valence-electron chi connectivity index (χ3n) is 4.82. The van der Waals surface area contributed by atoms with E-state index in [-0.39, 0.29) is 18.5 Å². The summed E-state index contributed by atoms with van der Waals surface area (Å²) in [6, 6.07) is 4.06. The number of aliphatic carboxylic acids is 1. The van der Waals surface area contributed by atoms with Crippen molar-refractivity contribution < 1.29 is 29.6 Å². The van der Waals surface area contributed by atoms with Crippen LogP contribution in [0.3, 0.4) is 0 Å². The molecule has 1 aliphatic rings. The largest absolute Gasteiger partial charge is 0.481 e. The van der Waals surface area contributed by atoms with Crippen molar-refractivity contribution in [1.82, 2.24) is 0 Å². The quantitative estimate of drug-likeness (QED) is 0.632.